The molecule has 1 amide bonds. The first-order chi connectivity index (χ1) is 11.9. The number of hydrogen-bond acceptors (Lipinski definition) is 3. The lowest BCUT2D eigenvalue weighted by Gasteiger charge is -2.08. The Labute approximate surface area is 153 Å². The van der Waals surface area contributed by atoms with Crippen LogP contribution >= 0.6 is 11.6 Å². The molecule has 0 heterocycles. The number of amides is 1. The molecule has 0 aliphatic carbocycles. The Kier molecular flexibility index (Phi) is 6.84. The fourth-order valence-electron chi connectivity index (χ4n) is 2.19. The van der Waals surface area contributed by atoms with E-state index in [1.165, 1.54) is 5.56 Å². The van der Waals surface area contributed by atoms with Gasteiger partial charge in [0.2, 0.25) is 10.0 Å². The van der Waals surface area contributed by atoms with Gasteiger partial charge in [0.1, 0.15) is 0 Å². The van der Waals surface area contributed by atoms with Gasteiger partial charge in [0.15, 0.2) is 0 Å². The van der Waals surface area contributed by atoms with Crippen LogP contribution in [0.1, 0.15) is 29.3 Å². The fraction of sp³-hybridized carbons (Fsp3) is 0.278. The topological polar surface area (TPSA) is 75.3 Å². The fourth-order valence-corrected chi connectivity index (χ4v) is 2.95. The Bertz CT molecular complexity index is 803. The number of aryl methyl sites for hydroxylation is 1. The zero-order chi connectivity index (χ0) is 18.3. The number of halogens is 1. The van der Waals surface area contributed by atoms with Crippen molar-refractivity contribution in [3.63, 3.8) is 0 Å². The molecule has 0 aliphatic heterocycles. The van der Waals surface area contributed by atoms with E-state index < -0.39 is 10.0 Å². The summed E-state index contributed by atoms with van der Waals surface area (Å²) >= 11 is 5.84. The standard InChI is InChI=1S/C18H21ClN2O3S/c1-2-25(23,24)21-17-11-7-15(8-12-17)18(22)20-13-3-4-14-5-9-16(19)10-6-14/h5-12,21H,2-4,13H2,1H3,(H,20,22). The molecule has 134 valence electrons. The van der Waals surface area contributed by atoms with Crippen LogP contribution in [0, 0.1) is 0 Å². The summed E-state index contributed by atoms with van der Waals surface area (Å²) in [4.78, 5) is 12.1. The third kappa shape index (κ3) is 6.40. The number of carbonyl (C=O) groups is 1. The zero-order valence-corrected chi connectivity index (χ0v) is 15.5. The quantitative estimate of drug-likeness (QED) is 0.688. The van der Waals surface area contributed by atoms with Gasteiger partial charge in [-0.05, 0) is 61.7 Å². The summed E-state index contributed by atoms with van der Waals surface area (Å²) < 4.78 is 25.4. The molecule has 0 saturated heterocycles. The van der Waals surface area contributed by atoms with Crippen LogP contribution in [0.15, 0.2) is 48.5 Å². The minimum absolute atomic E-state index is 0.00283. The molecular formula is C18H21ClN2O3S. The SMILES string of the molecule is CCS(=O)(=O)Nc1ccc(C(=O)NCCCc2ccc(Cl)cc2)cc1. The summed E-state index contributed by atoms with van der Waals surface area (Å²) in [6.07, 6.45) is 1.68. The van der Waals surface area contributed by atoms with Gasteiger partial charge in [0.25, 0.3) is 5.91 Å². The predicted octanol–water partition coefficient (Wildman–Crippen LogP) is 3.46. The average molecular weight is 381 g/mol. The van der Waals surface area contributed by atoms with E-state index in [2.05, 4.69) is 10.0 Å². The molecule has 0 bridgehead atoms. The summed E-state index contributed by atoms with van der Waals surface area (Å²) in [5.41, 5.74) is 2.11. The predicted molar refractivity (Wildman–Crippen MR) is 102 cm³/mol. The van der Waals surface area contributed by atoms with Crippen molar-refractivity contribution in [2.24, 2.45) is 0 Å². The first-order valence-electron chi connectivity index (χ1n) is 8.03. The Hall–Kier alpha value is -2.05. The highest BCUT2D eigenvalue weighted by molar-refractivity contribution is 7.92. The number of anilines is 1. The molecule has 2 rings (SSSR count). The molecule has 0 aliphatic rings. The number of nitrogens with one attached hydrogen (secondary N) is 2. The molecule has 0 radical (unpaired) electrons. The first-order valence-corrected chi connectivity index (χ1v) is 10.1. The zero-order valence-electron chi connectivity index (χ0n) is 14.0. The lowest BCUT2D eigenvalue weighted by molar-refractivity contribution is 0.0953. The van der Waals surface area contributed by atoms with Crippen molar-refractivity contribution in [2.45, 2.75) is 19.8 Å². The van der Waals surface area contributed by atoms with Crippen molar-refractivity contribution < 1.29 is 13.2 Å². The molecule has 0 atom stereocenters. The smallest absolute Gasteiger partial charge is 0.251 e. The van der Waals surface area contributed by atoms with Crippen LogP contribution in [0.3, 0.4) is 0 Å². The van der Waals surface area contributed by atoms with Gasteiger partial charge >= 0.3 is 0 Å². The van der Waals surface area contributed by atoms with Crippen LogP contribution < -0.4 is 10.0 Å². The highest BCUT2D eigenvalue weighted by Crippen LogP contribution is 2.12. The maximum Gasteiger partial charge on any atom is 0.251 e. The molecule has 7 heteroatoms. The second-order valence-electron chi connectivity index (χ2n) is 5.57. The van der Waals surface area contributed by atoms with Gasteiger partial charge in [-0.3, -0.25) is 9.52 Å². The third-order valence-electron chi connectivity index (χ3n) is 3.64. The summed E-state index contributed by atoms with van der Waals surface area (Å²) in [6, 6.07) is 14.0. The van der Waals surface area contributed by atoms with Crippen molar-refractivity contribution >= 4 is 33.2 Å². The van der Waals surface area contributed by atoms with E-state index in [-0.39, 0.29) is 11.7 Å². The Morgan fingerprint density at radius 3 is 2.28 bits per heavy atom. The molecule has 0 unspecified atom stereocenters. The van der Waals surface area contributed by atoms with Crippen LogP contribution in [0.4, 0.5) is 5.69 Å². The number of benzene rings is 2. The number of rotatable bonds is 8. The van der Waals surface area contributed by atoms with Crippen LogP contribution in [-0.2, 0) is 16.4 Å². The Balaban J connectivity index is 1.79. The van der Waals surface area contributed by atoms with Crippen molar-refractivity contribution in [2.75, 3.05) is 17.0 Å². The average Bonchev–Trinajstić information content (AvgIpc) is 2.60. The number of carbonyl (C=O) groups excluding carboxylic acids is 1. The molecule has 2 aromatic rings. The van der Waals surface area contributed by atoms with Crippen molar-refractivity contribution in [3.8, 4) is 0 Å². The van der Waals surface area contributed by atoms with E-state index in [1.807, 2.05) is 24.3 Å². The normalized spacial score (nSPS) is 11.1. The highest BCUT2D eigenvalue weighted by Gasteiger charge is 2.08. The van der Waals surface area contributed by atoms with E-state index in [0.717, 1.165) is 12.8 Å². The van der Waals surface area contributed by atoms with E-state index in [1.54, 1.807) is 31.2 Å². The van der Waals surface area contributed by atoms with E-state index in [9.17, 15) is 13.2 Å². The van der Waals surface area contributed by atoms with Gasteiger partial charge in [-0.25, -0.2) is 8.42 Å². The van der Waals surface area contributed by atoms with Gasteiger partial charge in [0, 0.05) is 22.8 Å². The Morgan fingerprint density at radius 2 is 1.68 bits per heavy atom. The minimum Gasteiger partial charge on any atom is -0.352 e. The van der Waals surface area contributed by atoms with Gasteiger partial charge in [-0.1, -0.05) is 23.7 Å². The summed E-state index contributed by atoms with van der Waals surface area (Å²) in [7, 11) is -3.31. The molecule has 0 fully saturated rings. The monoisotopic (exact) mass is 380 g/mol. The summed E-state index contributed by atoms with van der Waals surface area (Å²) in [5.74, 6) is -0.177. The first kappa shape index (κ1) is 19.3. The molecule has 2 aromatic carbocycles. The van der Waals surface area contributed by atoms with E-state index in [0.29, 0.717) is 22.8 Å². The number of hydrogen-bond donors (Lipinski definition) is 2. The third-order valence-corrected chi connectivity index (χ3v) is 5.20. The molecule has 0 saturated carbocycles. The minimum atomic E-state index is -3.31. The second-order valence-corrected chi connectivity index (χ2v) is 8.02. The molecule has 5 nitrogen and oxygen atoms in total. The van der Waals surface area contributed by atoms with Crippen LogP contribution in [0.2, 0.25) is 5.02 Å². The van der Waals surface area contributed by atoms with Crippen molar-refractivity contribution in [3.05, 3.63) is 64.7 Å². The molecule has 25 heavy (non-hydrogen) atoms. The van der Waals surface area contributed by atoms with E-state index >= 15 is 0 Å². The molecule has 2 N–H and O–H groups in total. The lowest BCUT2D eigenvalue weighted by atomic mass is 10.1. The largest absolute Gasteiger partial charge is 0.352 e. The van der Waals surface area contributed by atoms with Crippen molar-refractivity contribution in [1.82, 2.24) is 5.32 Å². The Morgan fingerprint density at radius 1 is 1.04 bits per heavy atom. The summed E-state index contributed by atoms with van der Waals surface area (Å²) in [6.45, 7) is 2.12. The maximum absolute atomic E-state index is 12.1. The van der Waals surface area contributed by atoms with Crippen LogP contribution in [0.5, 0.6) is 0 Å². The molecule has 0 spiro atoms. The van der Waals surface area contributed by atoms with Crippen LogP contribution in [0.25, 0.3) is 0 Å². The lowest BCUT2D eigenvalue weighted by Crippen LogP contribution is -2.24. The number of sulfonamides is 1. The van der Waals surface area contributed by atoms with Gasteiger partial charge in [-0.15, -0.1) is 0 Å². The van der Waals surface area contributed by atoms with Crippen LogP contribution in [-0.4, -0.2) is 26.6 Å². The highest BCUT2D eigenvalue weighted by atomic mass is 35.5. The van der Waals surface area contributed by atoms with Gasteiger partial charge < -0.3 is 5.32 Å². The molecule has 0 aromatic heterocycles. The summed E-state index contributed by atoms with van der Waals surface area (Å²) in [5, 5.41) is 3.57. The molecular weight excluding hydrogens is 360 g/mol. The van der Waals surface area contributed by atoms with E-state index in [4.69, 9.17) is 11.6 Å². The maximum atomic E-state index is 12.1. The van der Waals surface area contributed by atoms with Gasteiger partial charge in [0.05, 0.1) is 5.75 Å². The second kappa shape index (κ2) is 8.87. The van der Waals surface area contributed by atoms with Gasteiger partial charge in [-0.2, -0.15) is 0 Å². The van der Waals surface area contributed by atoms with Crippen molar-refractivity contribution in [1.29, 1.82) is 0 Å².